The third-order valence-corrected chi connectivity index (χ3v) is 0.373. The summed E-state index contributed by atoms with van der Waals surface area (Å²) in [6, 6.07) is 0. The van der Waals surface area contributed by atoms with Crippen molar-refractivity contribution >= 4 is 6.40 Å². The van der Waals surface area contributed by atoms with Crippen LogP contribution in [0.1, 0.15) is 0 Å². The van der Waals surface area contributed by atoms with Gasteiger partial charge in [-0.25, -0.2) is 9.83 Å². The van der Waals surface area contributed by atoms with E-state index < -0.39 is 0 Å². The van der Waals surface area contributed by atoms with Crippen molar-refractivity contribution in [3.05, 3.63) is 0 Å². The zero-order chi connectivity index (χ0) is 4.24. The Labute approximate surface area is 34.7 Å². The Balaban J connectivity index is 2.26. The van der Waals surface area contributed by atoms with Crippen molar-refractivity contribution in [1.29, 1.82) is 0 Å². The molecule has 1 rings (SSSR count). The Morgan fingerprint density at radius 2 is 2.83 bits per heavy atom. The molecule has 0 atom stereocenters. The van der Waals surface area contributed by atoms with Gasteiger partial charge in [-0.3, -0.25) is 0 Å². The lowest BCUT2D eigenvalue weighted by molar-refractivity contribution is -0.123. The molecule has 0 fully saturated rings. The summed E-state index contributed by atoms with van der Waals surface area (Å²) in [4.78, 5) is 12.2. The van der Waals surface area contributed by atoms with Gasteiger partial charge >= 0.3 is 0 Å². The predicted molar refractivity (Wildman–Crippen MR) is 18.7 cm³/mol. The Morgan fingerprint density at radius 3 is 3.00 bits per heavy atom. The Bertz CT molecular complexity index is 54.6. The normalized spacial score (nSPS) is 20.0. The monoisotopic (exact) mass is 88.0 g/mol. The topological polar surface area (TPSA) is 42.8 Å². The maximum Gasteiger partial charge on any atom is 0.201 e. The fourth-order valence-electron chi connectivity index (χ4n) is 0.187. The van der Waals surface area contributed by atoms with Gasteiger partial charge in [0.25, 0.3) is 0 Å². The second kappa shape index (κ2) is 1.74. The molecule has 6 heavy (non-hydrogen) atoms. The number of aliphatic imine (C=N–C) groups is 1. The van der Waals surface area contributed by atoms with Crippen LogP contribution < -0.4 is 5.64 Å². The third kappa shape index (κ3) is 0.667. The van der Waals surface area contributed by atoms with Crippen LogP contribution in [0.15, 0.2) is 4.99 Å². The molecule has 0 aromatic heterocycles. The van der Waals surface area contributed by atoms with Crippen LogP contribution in [0.5, 0.6) is 0 Å². The summed E-state index contributed by atoms with van der Waals surface area (Å²) in [7, 11) is 0. The molecular formula is C2H4N2O2. The number of hydrogen-bond donors (Lipinski definition) is 1. The molecule has 0 aromatic rings. The van der Waals surface area contributed by atoms with Crippen LogP contribution in [-0.4, -0.2) is 13.1 Å². The molecule has 4 nitrogen and oxygen atoms in total. The largest absolute Gasteiger partial charge is 0.371 e. The lowest BCUT2D eigenvalue weighted by atomic mass is 11.2. The highest BCUT2D eigenvalue weighted by Crippen LogP contribution is 1.74. The maximum atomic E-state index is 4.40. The molecule has 4 heteroatoms. The standard InChI is InChI=1S/C2H4N2O2/c1-3-2-6-4-5-1/h1,4H,2H2. The molecule has 0 saturated carbocycles. The third-order valence-electron chi connectivity index (χ3n) is 0.373. The van der Waals surface area contributed by atoms with Crippen molar-refractivity contribution in [1.82, 2.24) is 5.64 Å². The van der Waals surface area contributed by atoms with Gasteiger partial charge in [0.1, 0.15) is 0 Å². The van der Waals surface area contributed by atoms with Crippen LogP contribution >= 0.6 is 0 Å². The lowest BCUT2D eigenvalue weighted by Crippen LogP contribution is -2.18. The summed E-state index contributed by atoms with van der Waals surface area (Å²) >= 11 is 0. The first-order chi connectivity index (χ1) is 3.00. The van der Waals surface area contributed by atoms with E-state index in [2.05, 4.69) is 20.3 Å². The van der Waals surface area contributed by atoms with Gasteiger partial charge in [0.05, 0.1) is 0 Å². The second-order valence-electron chi connectivity index (χ2n) is 0.763. The molecular weight excluding hydrogens is 84.0 g/mol. The second-order valence-corrected chi connectivity index (χ2v) is 0.763. The molecule has 1 aliphatic heterocycles. The zero-order valence-electron chi connectivity index (χ0n) is 3.05. The average Bonchev–Trinajstić information content (AvgIpc) is 1.72. The molecule has 0 unspecified atom stereocenters. The van der Waals surface area contributed by atoms with Gasteiger partial charge in [0.2, 0.25) is 6.40 Å². The highest BCUT2D eigenvalue weighted by atomic mass is 16.9. The van der Waals surface area contributed by atoms with E-state index in [1.165, 1.54) is 6.40 Å². The molecule has 0 saturated heterocycles. The fraction of sp³-hybridized carbons (Fsp3) is 0.500. The molecule has 1 aliphatic rings. The molecule has 34 valence electrons. The number of nitrogens with one attached hydrogen (secondary N) is 1. The molecule has 1 N–H and O–H groups in total. The SMILES string of the molecule is C1=NCONO1. The van der Waals surface area contributed by atoms with Crippen molar-refractivity contribution < 1.29 is 9.68 Å². The minimum Gasteiger partial charge on any atom is -0.371 e. The first-order valence-corrected chi connectivity index (χ1v) is 1.51. The highest BCUT2D eigenvalue weighted by Gasteiger charge is 1.84. The van der Waals surface area contributed by atoms with Crippen LogP contribution in [0.4, 0.5) is 0 Å². The molecule has 0 bridgehead atoms. The van der Waals surface area contributed by atoms with E-state index in [-0.39, 0.29) is 0 Å². The van der Waals surface area contributed by atoms with Crippen LogP contribution in [0, 0.1) is 0 Å². The number of rotatable bonds is 0. The summed E-state index contributed by atoms with van der Waals surface area (Å²) in [5.41, 5.74) is 2.14. The minimum atomic E-state index is 0.333. The average molecular weight is 88.1 g/mol. The van der Waals surface area contributed by atoms with Crippen LogP contribution in [0.2, 0.25) is 0 Å². The highest BCUT2D eigenvalue weighted by molar-refractivity contribution is 5.45. The van der Waals surface area contributed by atoms with E-state index in [9.17, 15) is 0 Å². The van der Waals surface area contributed by atoms with E-state index >= 15 is 0 Å². The van der Waals surface area contributed by atoms with Crippen LogP contribution in [-0.2, 0) is 9.68 Å². The van der Waals surface area contributed by atoms with Gasteiger partial charge in [-0.05, 0) is 5.64 Å². The van der Waals surface area contributed by atoms with Crippen molar-refractivity contribution in [2.45, 2.75) is 0 Å². The summed E-state index contributed by atoms with van der Waals surface area (Å²) in [5, 5.41) is 0. The molecule has 0 radical (unpaired) electrons. The lowest BCUT2D eigenvalue weighted by Gasteiger charge is -2.03. The molecule has 0 aliphatic carbocycles. The molecule has 0 spiro atoms. The summed E-state index contributed by atoms with van der Waals surface area (Å²) in [6.45, 7) is 0.333. The smallest absolute Gasteiger partial charge is 0.201 e. The predicted octanol–water partition coefficient (Wildman–Crippen LogP) is -0.561. The van der Waals surface area contributed by atoms with Gasteiger partial charge in [0, 0.05) is 0 Å². The van der Waals surface area contributed by atoms with Crippen molar-refractivity contribution in [3.8, 4) is 0 Å². The summed E-state index contributed by atoms with van der Waals surface area (Å²) in [5.74, 6) is 0. The Morgan fingerprint density at radius 1 is 1.83 bits per heavy atom. The van der Waals surface area contributed by atoms with Crippen molar-refractivity contribution in [2.75, 3.05) is 6.73 Å². The van der Waals surface area contributed by atoms with E-state index in [1.807, 2.05) is 0 Å². The molecule has 0 aromatic carbocycles. The van der Waals surface area contributed by atoms with Gasteiger partial charge < -0.3 is 4.84 Å². The van der Waals surface area contributed by atoms with E-state index in [4.69, 9.17) is 0 Å². The van der Waals surface area contributed by atoms with E-state index in [0.29, 0.717) is 6.73 Å². The van der Waals surface area contributed by atoms with E-state index in [1.54, 1.807) is 0 Å². The number of nitrogens with zero attached hydrogens (tertiary/aromatic N) is 1. The zero-order valence-corrected chi connectivity index (χ0v) is 3.05. The van der Waals surface area contributed by atoms with Gasteiger partial charge in [0.15, 0.2) is 6.73 Å². The van der Waals surface area contributed by atoms with Gasteiger partial charge in [-0.1, -0.05) is 0 Å². The number of hydrogen-bond acceptors (Lipinski definition) is 4. The van der Waals surface area contributed by atoms with Crippen LogP contribution in [0.3, 0.4) is 0 Å². The van der Waals surface area contributed by atoms with Gasteiger partial charge in [-0.2, -0.15) is 0 Å². The molecule has 1 heterocycles. The van der Waals surface area contributed by atoms with Crippen molar-refractivity contribution in [2.24, 2.45) is 4.99 Å². The Hall–Kier alpha value is -0.610. The Kier molecular flexibility index (Phi) is 1.03. The minimum absolute atomic E-state index is 0.333. The quantitative estimate of drug-likeness (QED) is 0.431. The van der Waals surface area contributed by atoms with Crippen molar-refractivity contribution in [3.63, 3.8) is 0 Å². The van der Waals surface area contributed by atoms with Crippen LogP contribution in [0.25, 0.3) is 0 Å². The summed E-state index contributed by atoms with van der Waals surface area (Å²) < 4.78 is 0. The first-order valence-electron chi connectivity index (χ1n) is 1.51. The summed E-state index contributed by atoms with van der Waals surface area (Å²) in [6.07, 6.45) is 1.28. The van der Waals surface area contributed by atoms with Gasteiger partial charge in [-0.15, -0.1) is 0 Å². The maximum absolute atomic E-state index is 4.40. The fourth-order valence-corrected chi connectivity index (χ4v) is 0.187. The first kappa shape index (κ1) is 3.58. The van der Waals surface area contributed by atoms with E-state index in [0.717, 1.165) is 0 Å². The molecule has 0 amide bonds.